The Hall–Kier alpha value is -1.52. The smallest absolute Gasteiger partial charge is 0.273 e. The maximum absolute atomic E-state index is 12.6. The molecule has 1 fully saturated rings. The van der Waals surface area contributed by atoms with Crippen LogP contribution >= 0.6 is 47.5 Å². The minimum Gasteiger partial charge on any atom is -0.352 e. The molecule has 4 rings (SSSR count). The Morgan fingerprint density at radius 2 is 1.93 bits per heavy atom. The number of carbonyl (C=O) groups is 1. The summed E-state index contributed by atoms with van der Waals surface area (Å²) in [5.74, 6) is 0.967. The summed E-state index contributed by atoms with van der Waals surface area (Å²) < 4.78 is 1.10. The minimum atomic E-state index is 0. The van der Waals surface area contributed by atoms with Gasteiger partial charge in [-0.1, -0.05) is 0 Å². The number of rotatable bonds is 4. The molecule has 27 heavy (non-hydrogen) atoms. The molecule has 1 amide bonds. The van der Waals surface area contributed by atoms with E-state index < -0.39 is 0 Å². The van der Waals surface area contributed by atoms with E-state index in [1.165, 1.54) is 11.3 Å². The topological polar surface area (TPSA) is 88.2 Å². The maximum atomic E-state index is 12.6. The standard InChI is InChI=1S/C16H18N6OS2.2ClH/c17-3-1-13-20-12(9-25-13)16(23)22-6-4-21(5-7-22)15-14-11(2-8-24-14)18-10-19-15;;/h2,8-10H,1,3-7,17H2;2*1H. The molecule has 146 valence electrons. The Labute approximate surface area is 177 Å². The van der Waals surface area contributed by atoms with E-state index in [-0.39, 0.29) is 30.7 Å². The average molecular weight is 447 g/mol. The number of hydrogen-bond donors (Lipinski definition) is 1. The first-order valence-electron chi connectivity index (χ1n) is 8.13. The number of halogens is 2. The maximum Gasteiger partial charge on any atom is 0.273 e. The van der Waals surface area contributed by atoms with Gasteiger partial charge in [0.25, 0.3) is 5.91 Å². The second-order valence-corrected chi connectivity index (χ2v) is 7.64. The van der Waals surface area contributed by atoms with Crippen molar-refractivity contribution < 1.29 is 4.79 Å². The lowest BCUT2D eigenvalue weighted by molar-refractivity contribution is 0.0741. The van der Waals surface area contributed by atoms with E-state index >= 15 is 0 Å². The Kier molecular flexibility index (Phi) is 7.75. The second-order valence-electron chi connectivity index (χ2n) is 5.78. The van der Waals surface area contributed by atoms with E-state index in [9.17, 15) is 4.79 Å². The van der Waals surface area contributed by atoms with Gasteiger partial charge in [-0.15, -0.1) is 47.5 Å². The van der Waals surface area contributed by atoms with Crippen LogP contribution in [0.2, 0.25) is 0 Å². The predicted molar refractivity (Wildman–Crippen MR) is 115 cm³/mol. The lowest BCUT2D eigenvalue weighted by atomic mass is 10.2. The highest BCUT2D eigenvalue weighted by Crippen LogP contribution is 2.28. The van der Waals surface area contributed by atoms with Crippen LogP contribution in [0.25, 0.3) is 10.2 Å². The third-order valence-electron chi connectivity index (χ3n) is 4.22. The largest absolute Gasteiger partial charge is 0.352 e. The van der Waals surface area contributed by atoms with Crippen molar-refractivity contribution in [2.75, 3.05) is 37.6 Å². The van der Waals surface area contributed by atoms with Crippen molar-refractivity contribution in [1.29, 1.82) is 0 Å². The van der Waals surface area contributed by atoms with E-state index in [4.69, 9.17) is 5.73 Å². The number of nitrogens with zero attached hydrogens (tertiary/aromatic N) is 5. The van der Waals surface area contributed by atoms with E-state index in [0.717, 1.165) is 40.6 Å². The van der Waals surface area contributed by atoms with Gasteiger partial charge < -0.3 is 15.5 Å². The van der Waals surface area contributed by atoms with Crippen molar-refractivity contribution in [2.24, 2.45) is 5.73 Å². The van der Waals surface area contributed by atoms with Crippen molar-refractivity contribution in [3.63, 3.8) is 0 Å². The highest BCUT2D eigenvalue weighted by atomic mass is 35.5. The van der Waals surface area contributed by atoms with Crippen LogP contribution in [0, 0.1) is 0 Å². The highest BCUT2D eigenvalue weighted by Gasteiger charge is 2.25. The molecule has 4 heterocycles. The van der Waals surface area contributed by atoms with Crippen LogP contribution in [0.3, 0.4) is 0 Å². The summed E-state index contributed by atoms with van der Waals surface area (Å²) in [4.78, 5) is 29.9. The zero-order valence-electron chi connectivity index (χ0n) is 14.4. The fourth-order valence-corrected chi connectivity index (χ4v) is 4.58. The number of amides is 1. The molecule has 0 atom stereocenters. The number of piperazine rings is 1. The van der Waals surface area contributed by atoms with E-state index in [1.54, 1.807) is 17.7 Å². The molecule has 2 N–H and O–H groups in total. The molecule has 0 saturated carbocycles. The van der Waals surface area contributed by atoms with Gasteiger partial charge in [0.05, 0.1) is 15.2 Å². The van der Waals surface area contributed by atoms with E-state index in [1.807, 2.05) is 21.7 Å². The first-order valence-corrected chi connectivity index (χ1v) is 9.89. The first kappa shape index (κ1) is 21.8. The van der Waals surface area contributed by atoms with Crippen LogP contribution in [0.15, 0.2) is 23.2 Å². The normalized spacial score (nSPS) is 14.0. The monoisotopic (exact) mass is 446 g/mol. The number of carbonyl (C=O) groups excluding carboxylic acids is 1. The molecule has 0 bridgehead atoms. The SMILES string of the molecule is Cl.Cl.NCCc1nc(C(=O)N2CCN(c3ncnc4ccsc34)CC2)cs1. The fraction of sp³-hybridized carbons (Fsp3) is 0.375. The Morgan fingerprint density at radius 3 is 2.67 bits per heavy atom. The van der Waals surface area contributed by atoms with Crippen LogP contribution in [0.4, 0.5) is 5.82 Å². The first-order chi connectivity index (χ1) is 12.3. The molecule has 0 radical (unpaired) electrons. The highest BCUT2D eigenvalue weighted by molar-refractivity contribution is 7.17. The van der Waals surface area contributed by atoms with Gasteiger partial charge in [-0.25, -0.2) is 15.0 Å². The number of hydrogen-bond acceptors (Lipinski definition) is 8. The van der Waals surface area contributed by atoms with Crippen LogP contribution in [0.5, 0.6) is 0 Å². The lowest BCUT2D eigenvalue weighted by Crippen LogP contribution is -2.49. The lowest BCUT2D eigenvalue weighted by Gasteiger charge is -2.35. The molecule has 0 unspecified atom stereocenters. The van der Waals surface area contributed by atoms with Crippen molar-refractivity contribution >= 4 is 69.4 Å². The molecule has 11 heteroatoms. The third kappa shape index (κ3) is 4.49. The van der Waals surface area contributed by atoms with Gasteiger partial charge in [0.1, 0.15) is 17.8 Å². The summed E-state index contributed by atoms with van der Waals surface area (Å²) in [5, 5.41) is 4.79. The quantitative estimate of drug-likeness (QED) is 0.661. The van der Waals surface area contributed by atoms with Gasteiger partial charge in [0.2, 0.25) is 0 Å². The molecule has 0 aromatic carbocycles. The zero-order valence-corrected chi connectivity index (χ0v) is 17.7. The molecular weight excluding hydrogens is 427 g/mol. The summed E-state index contributed by atoms with van der Waals surface area (Å²) in [7, 11) is 0. The number of fused-ring (bicyclic) bond motifs is 1. The third-order valence-corrected chi connectivity index (χ3v) is 6.03. The Bertz CT molecular complexity index is 894. The van der Waals surface area contributed by atoms with Gasteiger partial charge in [0.15, 0.2) is 0 Å². The van der Waals surface area contributed by atoms with Gasteiger partial charge in [0, 0.05) is 38.0 Å². The molecule has 0 spiro atoms. The number of anilines is 1. The molecule has 3 aromatic rings. The van der Waals surface area contributed by atoms with Crippen molar-refractivity contribution in [3.05, 3.63) is 33.9 Å². The van der Waals surface area contributed by atoms with Crippen LogP contribution < -0.4 is 10.6 Å². The average Bonchev–Trinajstić information content (AvgIpc) is 3.30. The second kappa shape index (κ2) is 9.61. The zero-order chi connectivity index (χ0) is 17.2. The van der Waals surface area contributed by atoms with Gasteiger partial charge >= 0.3 is 0 Å². The van der Waals surface area contributed by atoms with Gasteiger partial charge in [-0.3, -0.25) is 4.79 Å². The van der Waals surface area contributed by atoms with Gasteiger partial charge in [-0.2, -0.15) is 0 Å². The van der Waals surface area contributed by atoms with Crippen molar-refractivity contribution in [3.8, 4) is 0 Å². The van der Waals surface area contributed by atoms with E-state index in [2.05, 4.69) is 19.9 Å². The molecule has 1 aliphatic heterocycles. The number of nitrogens with two attached hydrogens (primary N) is 1. The van der Waals surface area contributed by atoms with Crippen LogP contribution in [0.1, 0.15) is 15.5 Å². The van der Waals surface area contributed by atoms with Gasteiger partial charge in [-0.05, 0) is 18.0 Å². The number of thiazole rings is 1. The summed E-state index contributed by atoms with van der Waals surface area (Å²) in [6.07, 6.45) is 2.33. The molecule has 3 aromatic heterocycles. The summed E-state index contributed by atoms with van der Waals surface area (Å²) >= 11 is 3.15. The van der Waals surface area contributed by atoms with Crippen LogP contribution in [-0.2, 0) is 6.42 Å². The summed E-state index contributed by atoms with van der Waals surface area (Å²) in [6, 6.07) is 2.01. The van der Waals surface area contributed by atoms with Crippen LogP contribution in [-0.4, -0.2) is 58.5 Å². The molecule has 7 nitrogen and oxygen atoms in total. The number of thiophene rings is 1. The Morgan fingerprint density at radius 1 is 1.15 bits per heavy atom. The summed E-state index contributed by atoms with van der Waals surface area (Å²) in [5.41, 5.74) is 7.05. The predicted octanol–water partition coefficient (Wildman–Crippen LogP) is 2.46. The van der Waals surface area contributed by atoms with E-state index in [0.29, 0.717) is 25.3 Å². The van der Waals surface area contributed by atoms with Crippen molar-refractivity contribution in [2.45, 2.75) is 6.42 Å². The fourth-order valence-electron chi connectivity index (χ4n) is 2.93. The summed E-state index contributed by atoms with van der Waals surface area (Å²) in [6.45, 7) is 3.40. The molecule has 0 aliphatic carbocycles. The molecular formula is C16H20Cl2N6OS2. The minimum absolute atomic E-state index is 0. The molecule has 1 saturated heterocycles. The Balaban J connectivity index is 0.00000131. The molecule has 1 aliphatic rings. The number of aromatic nitrogens is 3. The van der Waals surface area contributed by atoms with Crippen molar-refractivity contribution in [1.82, 2.24) is 19.9 Å².